The predicted molar refractivity (Wildman–Crippen MR) is 89.3 cm³/mol. The molecule has 2 fully saturated rings. The van der Waals surface area contributed by atoms with E-state index in [1.165, 1.54) is 57.2 Å². The summed E-state index contributed by atoms with van der Waals surface area (Å²) < 4.78 is 0. The summed E-state index contributed by atoms with van der Waals surface area (Å²) in [5, 5.41) is 3.96. The minimum absolute atomic E-state index is 0.717. The Labute approximate surface area is 129 Å². The monoisotopic (exact) mass is 286 g/mol. The van der Waals surface area contributed by atoms with Crippen molar-refractivity contribution in [2.45, 2.75) is 64.1 Å². The highest BCUT2D eigenvalue weighted by Crippen LogP contribution is 2.27. The lowest BCUT2D eigenvalue weighted by Gasteiger charge is -2.31. The van der Waals surface area contributed by atoms with Gasteiger partial charge in [-0.2, -0.15) is 0 Å². The Bertz CT molecular complexity index is 417. The van der Waals surface area contributed by atoms with Gasteiger partial charge >= 0.3 is 0 Å². The lowest BCUT2D eigenvalue weighted by molar-refractivity contribution is 0.255. The Morgan fingerprint density at radius 1 is 1.10 bits per heavy atom. The van der Waals surface area contributed by atoms with Gasteiger partial charge in [-0.25, -0.2) is 0 Å². The molecule has 0 aromatic heterocycles. The van der Waals surface area contributed by atoms with Crippen molar-refractivity contribution in [3.05, 3.63) is 35.9 Å². The van der Waals surface area contributed by atoms with E-state index in [0.717, 1.165) is 18.5 Å². The molecular weight excluding hydrogens is 256 g/mol. The van der Waals surface area contributed by atoms with E-state index < -0.39 is 0 Å². The highest BCUT2D eigenvalue weighted by Gasteiger charge is 2.27. The Morgan fingerprint density at radius 3 is 2.76 bits per heavy atom. The van der Waals surface area contributed by atoms with E-state index >= 15 is 0 Å². The molecule has 0 radical (unpaired) electrons. The van der Waals surface area contributed by atoms with E-state index in [1.807, 2.05) is 0 Å². The molecule has 3 atom stereocenters. The van der Waals surface area contributed by atoms with Crippen molar-refractivity contribution in [1.29, 1.82) is 0 Å². The molecule has 21 heavy (non-hydrogen) atoms. The summed E-state index contributed by atoms with van der Waals surface area (Å²) >= 11 is 0. The summed E-state index contributed by atoms with van der Waals surface area (Å²) in [6, 6.07) is 12.4. The molecular formula is C19H30N2. The van der Waals surface area contributed by atoms with Gasteiger partial charge in [0, 0.05) is 31.7 Å². The quantitative estimate of drug-likeness (QED) is 0.885. The maximum Gasteiger partial charge on any atom is 0.0234 e. The fourth-order valence-corrected chi connectivity index (χ4v) is 4.10. The summed E-state index contributed by atoms with van der Waals surface area (Å²) in [5.41, 5.74) is 1.45. The van der Waals surface area contributed by atoms with Gasteiger partial charge in [0.25, 0.3) is 0 Å². The topological polar surface area (TPSA) is 15.3 Å². The van der Waals surface area contributed by atoms with E-state index in [2.05, 4.69) is 47.5 Å². The number of hydrogen-bond acceptors (Lipinski definition) is 2. The van der Waals surface area contributed by atoms with Crippen molar-refractivity contribution in [1.82, 2.24) is 10.2 Å². The molecule has 1 aromatic rings. The lowest BCUT2D eigenvalue weighted by atomic mass is 9.84. The Balaban J connectivity index is 1.44. The first-order valence-corrected chi connectivity index (χ1v) is 8.86. The third-order valence-corrected chi connectivity index (χ3v) is 5.35. The summed E-state index contributed by atoms with van der Waals surface area (Å²) in [6.45, 7) is 5.93. The van der Waals surface area contributed by atoms with Crippen LogP contribution in [0.25, 0.3) is 0 Å². The highest BCUT2D eigenvalue weighted by molar-refractivity contribution is 5.14. The van der Waals surface area contributed by atoms with Crippen molar-refractivity contribution >= 4 is 0 Å². The number of benzene rings is 1. The van der Waals surface area contributed by atoms with Crippen LogP contribution in [-0.4, -0.2) is 30.1 Å². The maximum atomic E-state index is 3.96. The highest BCUT2D eigenvalue weighted by atomic mass is 15.2. The predicted octanol–water partition coefficient (Wildman–Crippen LogP) is 3.82. The van der Waals surface area contributed by atoms with Crippen LogP contribution in [0.1, 0.15) is 51.0 Å². The molecule has 1 aliphatic heterocycles. The van der Waals surface area contributed by atoms with Crippen molar-refractivity contribution < 1.29 is 0 Å². The molecule has 1 saturated carbocycles. The van der Waals surface area contributed by atoms with Crippen LogP contribution in [0.5, 0.6) is 0 Å². The number of rotatable bonds is 5. The van der Waals surface area contributed by atoms with Gasteiger partial charge in [0.05, 0.1) is 0 Å². The minimum Gasteiger partial charge on any atom is -0.310 e. The first-order valence-electron chi connectivity index (χ1n) is 8.86. The molecule has 3 rings (SSSR count). The van der Waals surface area contributed by atoms with Gasteiger partial charge in [0.1, 0.15) is 0 Å². The second-order valence-corrected chi connectivity index (χ2v) is 7.01. The second kappa shape index (κ2) is 7.42. The summed E-state index contributed by atoms with van der Waals surface area (Å²) in [6.07, 6.45) is 8.37. The molecule has 1 heterocycles. The SMILES string of the molecule is CCC1CCCC(NC2CCN(Cc3ccccc3)C2)C1. The average molecular weight is 286 g/mol. The zero-order valence-corrected chi connectivity index (χ0v) is 13.4. The summed E-state index contributed by atoms with van der Waals surface area (Å²) in [5.74, 6) is 0.970. The van der Waals surface area contributed by atoms with Crippen molar-refractivity contribution in [2.24, 2.45) is 5.92 Å². The molecule has 3 unspecified atom stereocenters. The Kier molecular flexibility index (Phi) is 5.32. The van der Waals surface area contributed by atoms with Crippen LogP contribution in [0.15, 0.2) is 30.3 Å². The molecule has 2 heteroatoms. The van der Waals surface area contributed by atoms with Crippen LogP contribution in [0.2, 0.25) is 0 Å². The van der Waals surface area contributed by atoms with Crippen LogP contribution in [-0.2, 0) is 6.54 Å². The smallest absolute Gasteiger partial charge is 0.0234 e. The van der Waals surface area contributed by atoms with Crippen LogP contribution >= 0.6 is 0 Å². The van der Waals surface area contributed by atoms with E-state index in [4.69, 9.17) is 0 Å². The molecule has 1 aliphatic carbocycles. The van der Waals surface area contributed by atoms with E-state index in [0.29, 0.717) is 6.04 Å². The first-order chi connectivity index (χ1) is 10.3. The Morgan fingerprint density at radius 2 is 1.95 bits per heavy atom. The molecule has 2 aliphatic rings. The van der Waals surface area contributed by atoms with Gasteiger partial charge in [0.2, 0.25) is 0 Å². The molecule has 0 spiro atoms. The van der Waals surface area contributed by atoms with Gasteiger partial charge in [-0.15, -0.1) is 0 Å². The van der Waals surface area contributed by atoms with Gasteiger partial charge in [-0.1, -0.05) is 56.5 Å². The zero-order chi connectivity index (χ0) is 14.5. The fourth-order valence-electron chi connectivity index (χ4n) is 4.10. The summed E-state index contributed by atoms with van der Waals surface area (Å²) in [4.78, 5) is 2.60. The number of nitrogens with one attached hydrogen (secondary N) is 1. The molecule has 1 aromatic carbocycles. The first kappa shape index (κ1) is 15.1. The number of likely N-dealkylation sites (tertiary alicyclic amines) is 1. The van der Waals surface area contributed by atoms with E-state index in [9.17, 15) is 0 Å². The standard InChI is InChI=1S/C19H30N2/c1-2-16-9-6-10-18(13-16)20-19-11-12-21(15-19)14-17-7-4-3-5-8-17/h3-5,7-8,16,18-20H,2,6,9-15H2,1H3. The lowest BCUT2D eigenvalue weighted by Crippen LogP contribution is -2.42. The van der Waals surface area contributed by atoms with Crippen molar-refractivity contribution in [2.75, 3.05) is 13.1 Å². The Hall–Kier alpha value is -0.860. The van der Waals surface area contributed by atoms with E-state index in [1.54, 1.807) is 0 Å². The van der Waals surface area contributed by atoms with Crippen molar-refractivity contribution in [3.8, 4) is 0 Å². The molecule has 116 valence electrons. The summed E-state index contributed by atoms with van der Waals surface area (Å²) in [7, 11) is 0. The fraction of sp³-hybridized carbons (Fsp3) is 0.684. The van der Waals surface area contributed by atoms with Crippen LogP contribution in [0, 0.1) is 5.92 Å². The van der Waals surface area contributed by atoms with Gasteiger partial charge < -0.3 is 5.32 Å². The van der Waals surface area contributed by atoms with Crippen LogP contribution < -0.4 is 5.32 Å². The van der Waals surface area contributed by atoms with Gasteiger partial charge in [0.15, 0.2) is 0 Å². The second-order valence-electron chi connectivity index (χ2n) is 7.01. The van der Waals surface area contributed by atoms with Gasteiger partial charge in [-0.05, 0) is 30.7 Å². The third-order valence-electron chi connectivity index (χ3n) is 5.35. The normalized spacial score (nSPS) is 30.6. The number of hydrogen-bond donors (Lipinski definition) is 1. The van der Waals surface area contributed by atoms with E-state index in [-0.39, 0.29) is 0 Å². The van der Waals surface area contributed by atoms with Crippen LogP contribution in [0.4, 0.5) is 0 Å². The molecule has 1 N–H and O–H groups in total. The van der Waals surface area contributed by atoms with Crippen molar-refractivity contribution in [3.63, 3.8) is 0 Å². The van der Waals surface area contributed by atoms with Crippen LogP contribution in [0.3, 0.4) is 0 Å². The molecule has 1 saturated heterocycles. The van der Waals surface area contributed by atoms with Gasteiger partial charge in [-0.3, -0.25) is 4.90 Å². The molecule has 0 bridgehead atoms. The number of nitrogens with zero attached hydrogens (tertiary/aromatic N) is 1. The average Bonchev–Trinajstić information content (AvgIpc) is 2.95. The minimum atomic E-state index is 0.717. The third kappa shape index (κ3) is 4.31. The molecule has 0 amide bonds. The largest absolute Gasteiger partial charge is 0.310 e. The zero-order valence-electron chi connectivity index (χ0n) is 13.4. The maximum absolute atomic E-state index is 3.96. The molecule has 2 nitrogen and oxygen atoms in total.